The molecule has 1 amide bonds. The Morgan fingerprint density at radius 3 is 2.62 bits per heavy atom. The molecule has 34 heavy (non-hydrogen) atoms. The Morgan fingerprint density at radius 1 is 1.24 bits per heavy atom. The maximum absolute atomic E-state index is 12.2. The number of carbonyl (C=O) groups is 1. The quantitative estimate of drug-likeness (QED) is 0.623. The normalized spacial score (nSPS) is 20.6. The van der Waals surface area contributed by atoms with Gasteiger partial charge < -0.3 is 25.2 Å². The highest BCUT2D eigenvalue weighted by molar-refractivity contribution is 7.15. The Hall–Kier alpha value is -2.30. The number of amides is 1. The van der Waals surface area contributed by atoms with E-state index >= 15 is 0 Å². The molecule has 2 fully saturated rings. The third kappa shape index (κ3) is 6.22. The van der Waals surface area contributed by atoms with Crippen molar-refractivity contribution in [3.63, 3.8) is 0 Å². The number of ether oxygens (including phenoxy) is 2. The number of aromatic nitrogens is 3. The fourth-order valence-electron chi connectivity index (χ4n) is 4.31. The SMILES string of the molecule is CC(C)(C)OC(=O)N1CCC(c2nc3c(s2)-c2nc(N)ncc2CC3)CC1.OC1CCCOC1. The fraction of sp³-hybridized carbons (Fsp3) is 0.667. The molecular weight excluding hydrogens is 454 g/mol. The molecule has 1 unspecified atom stereocenters. The van der Waals surface area contributed by atoms with Gasteiger partial charge in [0.05, 0.1) is 34.0 Å². The van der Waals surface area contributed by atoms with Gasteiger partial charge in [-0.25, -0.2) is 19.7 Å². The van der Waals surface area contributed by atoms with Gasteiger partial charge in [0.15, 0.2) is 0 Å². The molecule has 5 rings (SSSR count). The van der Waals surface area contributed by atoms with E-state index in [-0.39, 0.29) is 12.2 Å². The van der Waals surface area contributed by atoms with Gasteiger partial charge in [-0.15, -0.1) is 11.3 Å². The zero-order valence-corrected chi connectivity index (χ0v) is 21.1. The van der Waals surface area contributed by atoms with Crippen LogP contribution in [0, 0.1) is 0 Å². The van der Waals surface area contributed by atoms with Crippen LogP contribution in [0.5, 0.6) is 0 Å². The molecule has 0 spiro atoms. The van der Waals surface area contributed by atoms with E-state index in [9.17, 15) is 4.79 Å². The highest BCUT2D eigenvalue weighted by atomic mass is 32.1. The summed E-state index contributed by atoms with van der Waals surface area (Å²) in [5.74, 6) is 0.684. The number of hydrogen-bond donors (Lipinski definition) is 2. The van der Waals surface area contributed by atoms with E-state index in [2.05, 4.69) is 9.97 Å². The van der Waals surface area contributed by atoms with Crippen LogP contribution in [0.25, 0.3) is 10.6 Å². The van der Waals surface area contributed by atoms with Crippen LogP contribution in [0.1, 0.15) is 68.6 Å². The first-order valence-electron chi connectivity index (χ1n) is 12.0. The maximum atomic E-state index is 12.2. The topological polar surface area (TPSA) is 124 Å². The van der Waals surface area contributed by atoms with E-state index in [0.717, 1.165) is 72.0 Å². The molecule has 0 saturated carbocycles. The van der Waals surface area contributed by atoms with Crippen molar-refractivity contribution in [3.8, 4) is 10.6 Å². The highest BCUT2D eigenvalue weighted by Crippen LogP contribution is 2.41. The third-order valence-corrected chi connectivity index (χ3v) is 7.34. The molecule has 0 bridgehead atoms. The van der Waals surface area contributed by atoms with E-state index in [1.165, 1.54) is 0 Å². The molecule has 1 atom stereocenters. The number of carbonyl (C=O) groups excluding carboxylic acids is 1. The number of hydrogen-bond acceptors (Lipinski definition) is 9. The van der Waals surface area contributed by atoms with E-state index in [0.29, 0.717) is 31.6 Å². The van der Waals surface area contributed by atoms with Crippen molar-refractivity contribution in [3.05, 3.63) is 22.5 Å². The van der Waals surface area contributed by atoms with Crippen molar-refractivity contribution < 1.29 is 19.4 Å². The second kappa shape index (κ2) is 10.5. The number of nitrogens with zero attached hydrogens (tertiary/aromatic N) is 4. The summed E-state index contributed by atoms with van der Waals surface area (Å²) in [6, 6.07) is 0. The van der Waals surface area contributed by atoms with E-state index in [1.807, 2.05) is 27.0 Å². The summed E-state index contributed by atoms with van der Waals surface area (Å²) in [6.07, 6.45) is 7.00. The van der Waals surface area contributed by atoms with Gasteiger partial charge in [-0.2, -0.15) is 0 Å². The molecule has 2 aromatic heterocycles. The number of aryl methyl sites for hydroxylation is 2. The van der Waals surface area contributed by atoms with Crippen molar-refractivity contribution in [2.45, 2.75) is 76.9 Å². The standard InChI is InChI=1S/C19H25N5O2S.C5H10O2/c1-19(2,3)26-18(25)24-8-6-11(7-9-24)16-22-13-5-4-12-10-21-17(20)23-14(12)15(13)27-16;6-5-2-1-3-7-4-5/h10-11H,4-9H2,1-3H3,(H2,20,21,23);5-6H,1-4H2. The Bertz CT molecular complexity index is 992. The van der Waals surface area contributed by atoms with Gasteiger partial charge >= 0.3 is 6.09 Å². The minimum absolute atomic E-state index is 0.186. The van der Waals surface area contributed by atoms with Crippen molar-refractivity contribution in [1.82, 2.24) is 19.9 Å². The summed E-state index contributed by atoms with van der Waals surface area (Å²) in [4.78, 5) is 28.7. The van der Waals surface area contributed by atoms with Crippen LogP contribution in [0.2, 0.25) is 0 Å². The molecule has 4 heterocycles. The van der Waals surface area contributed by atoms with Gasteiger partial charge in [0.1, 0.15) is 5.60 Å². The summed E-state index contributed by atoms with van der Waals surface area (Å²) in [6.45, 7) is 8.46. The molecule has 0 aromatic carbocycles. The molecule has 0 radical (unpaired) electrons. The van der Waals surface area contributed by atoms with Crippen molar-refractivity contribution in [2.24, 2.45) is 0 Å². The average molecular weight is 490 g/mol. The maximum Gasteiger partial charge on any atom is 0.410 e. The minimum Gasteiger partial charge on any atom is -0.444 e. The number of nitrogens with two attached hydrogens (primary N) is 1. The zero-order chi connectivity index (χ0) is 24.3. The van der Waals surface area contributed by atoms with E-state index in [4.69, 9.17) is 25.3 Å². The lowest BCUT2D eigenvalue weighted by Crippen LogP contribution is -2.41. The zero-order valence-electron chi connectivity index (χ0n) is 20.2. The van der Waals surface area contributed by atoms with Crippen molar-refractivity contribution in [1.29, 1.82) is 0 Å². The Kier molecular flexibility index (Phi) is 7.69. The number of rotatable bonds is 1. The molecule has 2 aromatic rings. The summed E-state index contributed by atoms with van der Waals surface area (Å²) in [7, 11) is 0. The van der Waals surface area contributed by atoms with Crippen LogP contribution in [0.15, 0.2) is 6.20 Å². The second-order valence-electron chi connectivity index (χ2n) is 10.0. The number of aliphatic hydroxyl groups is 1. The second-order valence-corrected chi connectivity index (χ2v) is 11.1. The fourth-order valence-corrected chi connectivity index (χ4v) is 5.62. The molecule has 2 aliphatic heterocycles. The lowest BCUT2D eigenvalue weighted by Gasteiger charge is -2.32. The summed E-state index contributed by atoms with van der Waals surface area (Å²) >= 11 is 1.72. The van der Waals surface area contributed by atoms with Gasteiger partial charge in [-0.1, -0.05) is 0 Å². The average Bonchev–Trinajstić information content (AvgIpc) is 3.24. The molecule has 9 nitrogen and oxygen atoms in total. The number of thiazole rings is 1. The van der Waals surface area contributed by atoms with Crippen LogP contribution in [-0.4, -0.2) is 69.1 Å². The first kappa shape index (κ1) is 24.8. The molecule has 3 N–H and O–H groups in total. The van der Waals surface area contributed by atoms with E-state index in [1.54, 1.807) is 16.2 Å². The van der Waals surface area contributed by atoms with Gasteiger partial charge in [0.25, 0.3) is 0 Å². The smallest absolute Gasteiger partial charge is 0.410 e. The Balaban J connectivity index is 0.000000336. The molecule has 186 valence electrons. The highest BCUT2D eigenvalue weighted by Gasteiger charge is 2.31. The lowest BCUT2D eigenvalue weighted by molar-refractivity contribution is -0.00535. The number of anilines is 1. The number of likely N-dealkylation sites (tertiary alicyclic amines) is 1. The number of aliphatic hydroxyl groups excluding tert-OH is 1. The predicted octanol–water partition coefficient (Wildman–Crippen LogP) is 3.55. The van der Waals surface area contributed by atoms with Crippen LogP contribution >= 0.6 is 11.3 Å². The first-order valence-corrected chi connectivity index (χ1v) is 12.9. The Morgan fingerprint density at radius 2 is 2.00 bits per heavy atom. The summed E-state index contributed by atoms with van der Waals surface area (Å²) < 4.78 is 10.4. The van der Waals surface area contributed by atoms with Crippen molar-refractivity contribution in [2.75, 3.05) is 32.0 Å². The van der Waals surface area contributed by atoms with Crippen LogP contribution < -0.4 is 5.73 Å². The van der Waals surface area contributed by atoms with Gasteiger partial charge in [0.2, 0.25) is 5.95 Å². The van der Waals surface area contributed by atoms with Crippen LogP contribution in [0.3, 0.4) is 0 Å². The van der Waals surface area contributed by atoms with E-state index < -0.39 is 5.60 Å². The lowest BCUT2D eigenvalue weighted by atomic mass is 9.97. The number of fused-ring (bicyclic) bond motifs is 3. The molecule has 1 aliphatic carbocycles. The van der Waals surface area contributed by atoms with Crippen LogP contribution in [0.4, 0.5) is 10.7 Å². The first-order chi connectivity index (χ1) is 16.2. The van der Waals surface area contributed by atoms with Gasteiger partial charge in [-0.05, 0) is 64.9 Å². The minimum atomic E-state index is -0.459. The Labute approximate surface area is 204 Å². The van der Waals surface area contributed by atoms with Gasteiger partial charge in [-0.3, -0.25) is 0 Å². The molecule has 10 heteroatoms. The molecule has 3 aliphatic rings. The van der Waals surface area contributed by atoms with Gasteiger partial charge in [0, 0.05) is 31.8 Å². The molecule has 2 saturated heterocycles. The predicted molar refractivity (Wildman–Crippen MR) is 131 cm³/mol. The number of piperidine rings is 1. The largest absolute Gasteiger partial charge is 0.444 e. The number of nitrogen functional groups attached to an aromatic ring is 1. The summed E-state index contributed by atoms with van der Waals surface area (Å²) in [5.41, 5.74) is 8.54. The summed E-state index contributed by atoms with van der Waals surface area (Å²) in [5, 5.41) is 9.93. The van der Waals surface area contributed by atoms with Crippen molar-refractivity contribution >= 4 is 23.4 Å². The monoisotopic (exact) mass is 489 g/mol. The molecular formula is C24H35N5O4S. The van der Waals surface area contributed by atoms with Crippen LogP contribution in [-0.2, 0) is 22.3 Å². The third-order valence-electron chi connectivity index (χ3n) is 6.08.